The molecule has 2 aliphatic heterocycles. The Hall–Kier alpha value is -2.09. The molecular formula is C27H34ClF3N2O2. The van der Waals surface area contributed by atoms with Crippen LogP contribution in [0.3, 0.4) is 0 Å². The summed E-state index contributed by atoms with van der Waals surface area (Å²) < 4.78 is 42.1. The minimum atomic E-state index is -1.26. The van der Waals surface area contributed by atoms with Crippen LogP contribution in [0.1, 0.15) is 44.7 Å². The largest absolute Gasteiger partial charge is 0.384 e. The summed E-state index contributed by atoms with van der Waals surface area (Å²) in [5.74, 6) is -3.28. The van der Waals surface area contributed by atoms with Crippen LogP contribution in [0.2, 0.25) is 0 Å². The molecule has 2 saturated heterocycles. The van der Waals surface area contributed by atoms with E-state index in [1.54, 1.807) is 17.0 Å². The number of nitrogens with zero attached hydrogens (tertiary/aromatic N) is 2. The molecule has 0 bridgehead atoms. The van der Waals surface area contributed by atoms with E-state index in [1.807, 2.05) is 27.7 Å². The van der Waals surface area contributed by atoms with Crippen molar-refractivity contribution in [1.29, 1.82) is 0 Å². The lowest BCUT2D eigenvalue weighted by atomic mass is 9.70. The van der Waals surface area contributed by atoms with Gasteiger partial charge < -0.3 is 10.0 Å². The van der Waals surface area contributed by atoms with Crippen LogP contribution in [0.5, 0.6) is 0 Å². The van der Waals surface area contributed by atoms with Gasteiger partial charge in [0.15, 0.2) is 0 Å². The summed E-state index contributed by atoms with van der Waals surface area (Å²) >= 11 is 0. The third-order valence-electron chi connectivity index (χ3n) is 7.85. The highest BCUT2D eigenvalue weighted by atomic mass is 35.5. The van der Waals surface area contributed by atoms with Gasteiger partial charge >= 0.3 is 0 Å². The van der Waals surface area contributed by atoms with Gasteiger partial charge in [0.05, 0.1) is 11.5 Å². The van der Waals surface area contributed by atoms with E-state index in [2.05, 4.69) is 4.90 Å². The van der Waals surface area contributed by atoms with Gasteiger partial charge in [-0.1, -0.05) is 32.0 Å². The summed E-state index contributed by atoms with van der Waals surface area (Å²) in [6.45, 7) is 9.44. The van der Waals surface area contributed by atoms with E-state index in [9.17, 15) is 23.1 Å². The molecule has 2 aromatic rings. The minimum absolute atomic E-state index is 0. The summed E-state index contributed by atoms with van der Waals surface area (Å²) in [6, 6.07) is 9.75. The van der Waals surface area contributed by atoms with Crippen LogP contribution in [0.4, 0.5) is 13.2 Å². The predicted molar refractivity (Wildman–Crippen MR) is 132 cm³/mol. The average molecular weight is 511 g/mol. The molecule has 4 rings (SSSR count). The van der Waals surface area contributed by atoms with Crippen LogP contribution in [0, 0.1) is 35.2 Å². The number of carbonyl (C=O) groups is 1. The van der Waals surface area contributed by atoms with Gasteiger partial charge in [-0.25, -0.2) is 13.2 Å². The second-order valence-electron chi connectivity index (χ2n) is 10.3. The number of rotatable bonds is 4. The van der Waals surface area contributed by atoms with Gasteiger partial charge in [-0.05, 0) is 43.2 Å². The lowest BCUT2D eigenvalue weighted by molar-refractivity contribution is -0.152. The first-order valence-electron chi connectivity index (χ1n) is 12.0. The van der Waals surface area contributed by atoms with E-state index in [0.29, 0.717) is 37.3 Å². The van der Waals surface area contributed by atoms with Crippen molar-refractivity contribution in [1.82, 2.24) is 9.80 Å². The molecule has 0 radical (unpaired) electrons. The number of piperidine rings is 1. The first-order chi connectivity index (χ1) is 16.0. The number of carbonyl (C=O) groups excluding carboxylic acids is 1. The van der Waals surface area contributed by atoms with E-state index in [4.69, 9.17) is 0 Å². The third kappa shape index (κ3) is 5.09. The summed E-state index contributed by atoms with van der Waals surface area (Å²) in [5, 5.41) is 11.6. The lowest BCUT2D eigenvalue weighted by Gasteiger charge is -2.48. The molecule has 1 amide bonds. The molecule has 1 N–H and O–H groups in total. The zero-order valence-electron chi connectivity index (χ0n) is 20.5. The Morgan fingerprint density at radius 2 is 1.60 bits per heavy atom. The van der Waals surface area contributed by atoms with E-state index >= 15 is 0 Å². The van der Waals surface area contributed by atoms with Gasteiger partial charge in [-0.3, -0.25) is 9.69 Å². The van der Waals surface area contributed by atoms with Crippen molar-refractivity contribution < 1.29 is 23.1 Å². The molecular weight excluding hydrogens is 477 g/mol. The number of benzene rings is 2. The molecule has 2 heterocycles. The van der Waals surface area contributed by atoms with Crippen LogP contribution >= 0.6 is 12.4 Å². The SMILES string of the molecule is CC(C)N1C[C@@H](C(=O)N2C[C@@H](C)C(O)(c3cccc(F)c3)[C@@H](C)C2)[C@H](c2ccc(F)cc2F)C1.Cl. The Morgan fingerprint density at radius 3 is 2.17 bits per heavy atom. The maximum Gasteiger partial charge on any atom is 0.227 e. The monoisotopic (exact) mass is 510 g/mol. The summed E-state index contributed by atoms with van der Waals surface area (Å²) in [4.78, 5) is 17.7. The van der Waals surface area contributed by atoms with Crippen LogP contribution < -0.4 is 0 Å². The molecule has 0 saturated carbocycles. The molecule has 2 fully saturated rings. The van der Waals surface area contributed by atoms with Crippen molar-refractivity contribution in [2.24, 2.45) is 17.8 Å². The van der Waals surface area contributed by atoms with Crippen molar-refractivity contribution in [3.05, 3.63) is 71.0 Å². The normalized spacial score (nSPS) is 29.3. The number of amides is 1. The van der Waals surface area contributed by atoms with Gasteiger partial charge in [0.25, 0.3) is 0 Å². The summed E-state index contributed by atoms with van der Waals surface area (Å²) in [5.41, 5.74) is -0.393. The van der Waals surface area contributed by atoms with Crippen LogP contribution in [0.15, 0.2) is 42.5 Å². The molecule has 2 aromatic carbocycles. The Morgan fingerprint density at radius 1 is 0.971 bits per heavy atom. The van der Waals surface area contributed by atoms with Crippen molar-refractivity contribution in [3.63, 3.8) is 0 Å². The van der Waals surface area contributed by atoms with Crippen molar-refractivity contribution in [2.45, 2.75) is 45.3 Å². The van der Waals surface area contributed by atoms with E-state index in [-0.39, 0.29) is 42.1 Å². The van der Waals surface area contributed by atoms with Gasteiger partial charge in [0.1, 0.15) is 17.5 Å². The highest BCUT2D eigenvalue weighted by molar-refractivity contribution is 5.85. The van der Waals surface area contributed by atoms with Crippen molar-refractivity contribution in [3.8, 4) is 0 Å². The summed E-state index contributed by atoms with van der Waals surface area (Å²) in [6.07, 6.45) is 0. The highest BCUT2D eigenvalue weighted by Crippen LogP contribution is 2.43. The smallest absolute Gasteiger partial charge is 0.227 e. The second kappa shape index (κ2) is 10.5. The summed E-state index contributed by atoms with van der Waals surface area (Å²) in [7, 11) is 0. The Balaban J connectivity index is 0.00000342. The molecule has 0 aliphatic carbocycles. The van der Waals surface area contributed by atoms with Gasteiger partial charge in [-0.2, -0.15) is 0 Å². The Kier molecular flexibility index (Phi) is 8.24. The molecule has 2 aliphatic rings. The highest BCUT2D eigenvalue weighted by Gasteiger charge is 2.49. The van der Waals surface area contributed by atoms with Crippen molar-refractivity contribution in [2.75, 3.05) is 26.2 Å². The Bertz CT molecular complexity index is 1050. The molecule has 35 heavy (non-hydrogen) atoms. The zero-order chi connectivity index (χ0) is 24.8. The molecule has 1 unspecified atom stereocenters. The number of hydrogen-bond donors (Lipinski definition) is 1. The van der Waals surface area contributed by atoms with Crippen LogP contribution in [0.25, 0.3) is 0 Å². The number of aliphatic hydroxyl groups is 1. The van der Waals surface area contributed by atoms with E-state index in [1.165, 1.54) is 24.3 Å². The maximum absolute atomic E-state index is 14.7. The van der Waals surface area contributed by atoms with Crippen LogP contribution in [-0.2, 0) is 10.4 Å². The maximum atomic E-state index is 14.7. The van der Waals surface area contributed by atoms with Gasteiger partial charge in [0.2, 0.25) is 5.91 Å². The molecule has 0 spiro atoms. The quantitative estimate of drug-likeness (QED) is 0.633. The van der Waals surface area contributed by atoms with E-state index in [0.717, 1.165) is 6.07 Å². The first kappa shape index (κ1) is 27.5. The average Bonchev–Trinajstić information content (AvgIpc) is 3.22. The third-order valence-corrected chi connectivity index (χ3v) is 7.85. The molecule has 192 valence electrons. The minimum Gasteiger partial charge on any atom is -0.384 e. The van der Waals surface area contributed by atoms with Crippen molar-refractivity contribution >= 4 is 18.3 Å². The van der Waals surface area contributed by atoms with Gasteiger partial charge in [0, 0.05) is 56.0 Å². The molecule has 4 nitrogen and oxygen atoms in total. The zero-order valence-corrected chi connectivity index (χ0v) is 21.4. The van der Waals surface area contributed by atoms with Gasteiger partial charge in [-0.15, -0.1) is 12.4 Å². The second-order valence-corrected chi connectivity index (χ2v) is 10.3. The van der Waals surface area contributed by atoms with Crippen LogP contribution in [-0.4, -0.2) is 53.0 Å². The number of hydrogen-bond acceptors (Lipinski definition) is 3. The predicted octanol–water partition coefficient (Wildman–Crippen LogP) is 4.95. The first-order valence-corrected chi connectivity index (χ1v) is 12.0. The number of likely N-dealkylation sites (tertiary alicyclic amines) is 2. The molecule has 0 aromatic heterocycles. The lowest BCUT2D eigenvalue weighted by Crippen LogP contribution is -2.57. The standard InChI is InChI=1S/C27H33F3N2O2.ClH/c1-16(2)31-14-23(22-9-8-21(29)11-25(22)30)24(15-31)26(33)32-12-17(3)27(34,18(4)13-32)19-6-5-7-20(28)10-19;/h5-11,16-18,23-24,34H,12-15H2,1-4H3;1H/t17-,18+,23-,24+,27?;/m0./s1. The fourth-order valence-corrected chi connectivity index (χ4v) is 5.84. The number of halogens is 4. The van der Waals surface area contributed by atoms with E-state index < -0.39 is 29.0 Å². The fourth-order valence-electron chi connectivity index (χ4n) is 5.84. The topological polar surface area (TPSA) is 43.8 Å². The fraction of sp³-hybridized carbons (Fsp3) is 0.519. The molecule has 5 atom stereocenters. The Labute approximate surface area is 211 Å². The molecule has 8 heteroatoms.